The summed E-state index contributed by atoms with van der Waals surface area (Å²) < 4.78 is 0. The fourth-order valence-electron chi connectivity index (χ4n) is 1.93. The van der Waals surface area contributed by atoms with E-state index >= 15 is 0 Å². The molecule has 2 N–H and O–H groups in total. The van der Waals surface area contributed by atoms with Crippen molar-refractivity contribution in [1.82, 2.24) is 10.3 Å². The van der Waals surface area contributed by atoms with Crippen LogP contribution in [0.3, 0.4) is 0 Å². The number of piperidine rings is 1. The van der Waals surface area contributed by atoms with Crippen LogP contribution in [-0.2, 0) is 4.79 Å². The number of halogens is 2. The van der Waals surface area contributed by atoms with E-state index in [4.69, 9.17) is 0 Å². The third-order valence-electron chi connectivity index (χ3n) is 2.79. The number of nitrogens with zero attached hydrogens (tertiary/aromatic N) is 1. The Morgan fingerprint density at radius 2 is 2.22 bits per heavy atom. The lowest BCUT2D eigenvalue weighted by Gasteiger charge is -2.22. The van der Waals surface area contributed by atoms with Crippen molar-refractivity contribution in [2.75, 3.05) is 11.9 Å². The van der Waals surface area contributed by atoms with Gasteiger partial charge in [0.15, 0.2) is 0 Å². The van der Waals surface area contributed by atoms with Crippen molar-refractivity contribution in [3.05, 3.63) is 24.0 Å². The molecule has 2 heterocycles. The largest absolute Gasteiger partial charge is 0.325 e. The summed E-state index contributed by atoms with van der Waals surface area (Å²) in [4.78, 5) is 16.0. The topological polar surface area (TPSA) is 54.0 Å². The van der Waals surface area contributed by atoms with Crippen molar-refractivity contribution in [3.63, 3.8) is 0 Å². The van der Waals surface area contributed by atoms with E-state index in [1.807, 2.05) is 19.1 Å². The zero-order valence-electron chi connectivity index (χ0n) is 10.3. The lowest BCUT2D eigenvalue weighted by molar-refractivity contribution is -0.118. The smallest absolute Gasteiger partial charge is 0.241 e. The zero-order valence-corrected chi connectivity index (χ0v) is 11.9. The Hall–Kier alpha value is -0.840. The second-order valence-electron chi connectivity index (χ2n) is 4.18. The normalized spacial score (nSPS) is 18.2. The number of hydrogen-bond acceptors (Lipinski definition) is 3. The van der Waals surface area contributed by atoms with E-state index in [-0.39, 0.29) is 36.8 Å². The van der Waals surface area contributed by atoms with Crippen LogP contribution in [-0.4, -0.2) is 23.5 Å². The van der Waals surface area contributed by atoms with Gasteiger partial charge in [-0.15, -0.1) is 24.8 Å². The highest BCUT2D eigenvalue weighted by atomic mass is 35.5. The quantitative estimate of drug-likeness (QED) is 0.879. The summed E-state index contributed by atoms with van der Waals surface area (Å²) in [5.41, 5.74) is 1.74. The summed E-state index contributed by atoms with van der Waals surface area (Å²) in [5.74, 6) is 0.0605. The van der Waals surface area contributed by atoms with Crippen molar-refractivity contribution in [2.24, 2.45) is 0 Å². The van der Waals surface area contributed by atoms with Crippen LogP contribution in [0.5, 0.6) is 0 Å². The molecule has 1 fully saturated rings. The minimum atomic E-state index is -0.0396. The average molecular weight is 292 g/mol. The molecule has 4 nitrogen and oxygen atoms in total. The van der Waals surface area contributed by atoms with Gasteiger partial charge in [-0.1, -0.05) is 6.42 Å². The van der Waals surface area contributed by atoms with Gasteiger partial charge >= 0.3 is 0 Å². The lowest BCUT2D eigenvalue weighted by atomic mass is 10.0. The summed E-state index contributed by atoms with van der Waals surface area (Å²) in [6, 6.07) is 3.65. The number of aryl methyl sites for hydroxylation is 1. The number of anilines is 1. The molecule has 0 bridgehead atoms. The highest BCUT2D eigenvalue weighted by Gasteiger charge is 2.20. The van der Waals surface area contributed by atoms with Gasteiger partial charge in [-0.05, 0) is 38.4 Å². The van der Waals surface area contributed by atoms with Crippen LogP contribution in [0, 0.1) is 6.92 Å². The third kappa shape index (κ3) is 4.80. The van der Waals surface area contributed by atoms with Gasteiger partial charge < -0.3 is 10.6 Å². The molecule has 0 radical (unpaired) electrons. The fourth-order valence-corrected chi connectivity index (χ4v) is 1.93. The van der Waals surface area contributed by atoms with E-state index in [0.717, 1.165) is 37.2 Å². The van der Waals surface area contributed by atoms with Crippen molar-refractivity contribution < 1.29 is 4.79 Å². The standard InChI is InChI=1S/C12H17N3O.2ClH/c1-9-8-10(5-7-13-9)15-12(16)11-4-2-3-6-14-11;;/h5,7-8,11,14H,2-4,6H2,1H3,(H,13,15,16);2*1H/t11-;;/m0../s1. The second-order valence-corrected chi connectivity index (χ2v) is 4.18. The average Bonchev–Trinajstić information content (AvgIpc) is 2.30. The van der Waals surface area contributed by atoms with Crippen molar-refractivity contribution in [1.29, 1.82) is 0 Å². The van der Waals surface area contributed by atoms with Crippen molar-refractivity contribution in [3.8, 4) is 0 Å². The first-order valence-electron chi connectivity index (χ1n) is 5.72. The maximum atomic E-state index is 11.9. The SMILES string of the molecule is Cc1cc(NC(=O)[C@@H]2CCCCN2)ccn1.Cl.Cl. The maximum absolute atomic E-state index is 11.9. The molecule has 1 aromatic rings. The van der Waals surface area contributed by atoms with Crippen LogP contribution in [0.2, 0.25) is 0 Å². The van der Waals surface area contributed by atoms with Gasteiger partial charge in [0.05, 0.1) is 6.04 Å². The molecule has 0 saturated carbocycles. The molecular weight excluding hydrogens is 273 g/mol. The highest BCUT2D eigenvalue weighted by Crippen LogP contribution is 2.11. The molecule has 18 heavy (non-hydrogen) atoms. The number of pyridine rings is 1. The molecule has 1 amide bonds. The number of rotatable bonds is 2. The monoisotopic (exact) mass is 291 g/mol. The van der Waals surface area contributed by atoms with Gasteiger partial charge in [-0.2, -0.15) is 0 Å². The summed E-state index contributed by atoms with van der Waals surface area (Å²) in [6.45, 7) is 2.85. The number of carbonyl (C=O) groups is 1. The summed E-state index contributed by atoms with van der Waals surface area (Å²) in [7, 11) is 0. The van der Waals surface area contributed by atoms with E-state index in [9.17, 15) is 4.79 Å². The van der Waals surface area contributed by atoms with Crippen LogP contribution in [0.15, 0.2) is 18.3 Å². The number of amides is 1. The van der Waals surface area contributed by atoms with Crippen LogP contribution in [0.25, 0.3) is 0 Å². The Morgan fingerprint density at radius 1 is 1.44 bits per heavy atom. The van der Waals surface area contributed by atoms with Gasteiger partial charge in [0.1, 0.15) is 0 Å². The Kier molecular flexibility index (Phi) is 7.91. The van der Waals surface area contributed by atoms with E-state index in [0.29, 0.717) is 0 Å². The first-order chi connectivity index (χ1) is 7.75. The molecule has 102 valence electrons. The Bertz CT molecular complexity index is 381. The van der Waals surface area contributed by atoms with Crippen LogP contribution >= 0.6 is 24.8 Å². The molecule has 1 saturated heterocycles. The molecule has 1 aliphatic rings. The molecular formula is C12H19Cl2N3O. The predicted octanol–water partition coefficient (Wildman–Crippen LogP) is 2.31. The number of aromatic nitrogens is 1. The molecule has 1 atom stereocenters. The van der Waals surface area contributed by atoms with Crippen LogP contribution in [0.4, 0.5) is 5.69 Å². The molecule has 0 aliphatic carbocycles. The van der Waals surface area contributed by atoms with E-state index in [2.05, 4.69) is 15.6 Å². The van der Waals surface area contributed by atoms with Crippen LogP contribution in [0.1, 0.15) is 25.0 Å². The molecule has 0 aromatic carbocycles. The molecule has 2 rings (SSSR count). The van der Waals surface area contributed by atoms with Crippen molar-refractivity contribution >= 4 is 36.4 Å². The first-order valence-corrected chi connectivity index (χ1v) is 5.72. The number of nitrogens with one attached hydrogen (secondary N) is 2. The first kappa shape index (κ1) is 17.2. The molecule has 1 aliphatic heterocycles. The number of carbonyl (C=O) groups excluding carboxylic acids is 1. The van der Waals surface area contributed by atoms with E-state index < -0.39 is 0 Å². The second kappa shape index (κ2) is 8.29. The van der Waals surface area contributed by atoms with Gasteiger partial charge in [-0.25, -0.2) is 0 Å². The maximum Gasteiger partial charge on any atom is 0.241 e. The lowest BCUT2D eigenvalue weighted by Crippen LogP contribution is -2.43. The number of hydrogen-bond donors (Lipinski definition) is 2. The van der Waals surface area contributed by atoms with Crippen LogP contribution < -0.4 is 10.6 Å². The molecule has 1 aromatic heterocycles. The zero-order chi connectivity index (χ0) is 11.4. The Morgan fingerprint density at radius 3 is 2.83 bits per heavy atom. The minimum Gasteiger partial charge on any atom is -0.325 e. The van der Waals surface area contributed by atoms with Gasteiger partial charge in [0.25, 0.3) is 0 Å². The summed E-state index contributed by atoms with van der Waals surface area (Å²) in [5, 5.41) is 6.14. The molecule has 6 heteroatoms. The third-order valence-corrected chi connectivity index (χ3v) is 2.79. The summed E-state index contributed by atoms with van der Waals surface area (Å²) >= 11 is 0. The molecule has 0 unspecified atom stereocenters. The van der Waals surface area contributed by atoms with E-state index in [1.54, 1.807) is 6.20 Å². The predicted molar refractivity (Wildman–Crippen MR) is 77.7 cm³/mol. The summed E-state index contributed by atoms with van der Waals surface area (Å²) in [6.07, 6.45) is 4.92. The van der Waals surface area contributed by atoms with Gasteiger partial charge in [-0.3, -0.25) is 9.78 Å². The highest BCUT2D eigenvalue weighted by molar-refractivity contribution is 5.94. The van der Waals surface area contributed by atoms with Gasteiger partial charge in [0.2, 0.25) is 5.91 Å². The Balaban J connectivity index is 0.00000144. The van der Waals surface area contributed by atoms with Crippen molar-refractivity contribution in [2.45, 2.75) is 32.2 Å². The van der Waals surface area contributed by atoms with Gasteiger partial charge in [0, 0.05) is 17.6 Å². The van der Waals surface area contributed by atoms with E-state index in [1.165, 1.54) is 0 Å². The fraction of sp³-hybridized carbons (Fsp3) is 0.500. The Labute approximate surface area is 120 Å². The minimum absolute atomic E-state index is 0. The molecule has 0 spiro atoms.